The molecule has 0 aliphatic heterocycles. The third-order valence-electron chi connectivity index (χ3n) is 2.02. The number of hydrogen-bond acceptors (Lipinski definition) is 2. The molecule has 0 aromatic heterocycles. The Labute approximate surface area is 85.4 Å². The smallest absolute Gasteiger partial charge is 0.178 e. The van der Waals surface area contributed by atoms with E-state index in [4.69, 9.17) is 0 Å². The maximum Gasteiger partial charge on any atom is 0.178 e. The molecule has 0 bridgehead atoms. The number of carbonyl (C=O) groups is 1. The molecule has 2 nitrogen and oxygen atoms in total. The van der Waals surface area contributed by atoms with Gasteiger partial charge in [0.05, 0.1) is 5.71 Å². The van der Waals surface area contributed by atoms with Gasteiger partial charge in [-0.05, 0) is 43.6 Å². The summed E-state index contributed by atoms with van der Waals surface area (Å²) in [6.45, 7) is 6.48. The molecule has 1 rings (SSSR count). The van der Waals surface area contributed by atoms with Gasteiger partial charge in [-0.3, -0.25) is 9.79 Å². The number of nitrogens with zero attached hydrogens (tertiary/aromatic N) is 1. The van der Waals surface area contributed by atoms with E-state index in [2.05, 4.69) is 25.8 Å². The average Bonchev–Trinajstić information content (AvgIpc) is 2.07. The number of hydrogen-bond donors (Lipinski definition) is 0. The fraction of sp³-hybridized carbons (Fsp3) is 0.500. The van der Waals surface area contributed by atoms with Crippen LogP contribution < -0.4 is 0 Å². The highest BCUT2D eigenvalue weighted by atomic mass is 16.1. The minimum Gasteiger partial charge on any atom is -0.290 e. The van der Waals surface area contributed by atoms with E-state index in [0.29, 0.717) is 12.0 Å². The highest BCUT2D eigenvalue weighted by Crippen LogP contribution is 2.08. The summed E-state index contributed by atoms with van der Waals surface area (Å²) < 4.78 is 0. The van der Waals surface area contributed by atoms with Gasteiger partial charge in [0.2, 0.25) is 0 Å². The van der Waals surface area contributed by atoms with Crippen molar-refractivity contribution in [3.05, 3.63) is 24.3 Å². The van der Waals surface area contributed by atoms with Crippen LogP contribution in [0.15, 0.2) is 29.3 Å². The molecule has 2 heteroatoms. The highest BCUT2D eigenvalue weighted by Gasteiger charge is 2.05. The van der Waals surface area contributed by atoms with E-state index < -0.39 is 0 Å². The summed E-state index contributed by atoms with van der Waals surface area (Å²) in [5.74, 6) is 0.702. The van der Waals surface area contributed by atoms with Gasteiger partial charge in [0.25, 0.3) is 0 Å². The second kappa shape index (κ2) is 4.89. The van der Waals surface area contributed by atoms with Crippen molar-refractivity contribution in [1.29, 1.82) is 0 Å². The zero-order valence-electron chi connectivity index (χ0n) is 9.03. The number of ketones is 1. The van der Waals surface area contributed by atoms with Crippen LogP contribution in [-0.2, 0) is 4.79 Å². The van der Waals surface area contributed by atoms with Gasteiger partial charge in [-0.1, -0.05) is 13.8 Å². The molecule has 0 N–H and O–H groups in total. The Kier molecular flexibility index (Phi) is 3.81. The average molecular weight is 191 g/mol. The SMILES string of the molecule is CC(C)CC(C)N=C1C=CC(=O)C=C1. The zero-order chi connectivity index (χ0) is 10.6. The molecule has 1 atom stereocenters. The molecule has 0 amide bonds. The Bertz CT molecular complexity index is 279. The van der Waals surface area contributed by atoms with Crippen LogP contribution in [0.25, 0.3) is 0 Å². The first-order valence-electron chi connectivity index (χ1n) is 5.06. The molecule has 0 saturated carbocycles. The van der Waals surface area contributed by atoms with Crippen LogP contribution in [0.3, 0.4) is 0 Å². The minimum atomic E-state index is 0.0421. The van der Waals surface area contributed by atoms with Crippen molar-refractivity contribution in [3.63, 3.8) is 0 Å². The van der Waals surface area contributed by atoms with E-state index in [1.807, 2.05) is 0 Å². The second-order valence-corrected chi connectivity index (χ2v) is 4.10. The fourth-order valence-electron chi connectivity index (χ4n) is 1.52. The first-order valence-corrected chi connectivity index (χ1v) is 5.06. The largest absolute Gasteiger partial charge is 0.290 e. The van der Waals surface area contributed by atoms with Gasteiger partial charge in [0, 0.05) is 6.04 Å². The van der Waals surface area contributed by atoms with Gasteiger partial charge in [0.1, 0.15) is 0 Å². The summed E-state index contributed by atoms with van der Waals surface area (Å²) in [7, 11) is 0. The lowest BCUT2D eigenvalue weighted by molar-refractivity contribution is -0.110. The Morgan fingerprint density at radius 3 is 2.21 bits per heavy atom. The molecule has 14 heavy (non-hydrogen) atoms. The third-order valence-corrected chi connectivity index (χ3v) is 2.02. The zero-order valence-corrected chi connectivity index (χ0v) is 9.03. The van der Waals surface area contributed by atoms with Gasteiger partial charge in [-0.2, -0.15) is 0 Å². The summed E-state index contributed by atoms with van der Waals surface area (Å²) in [5, 5.41) is 0. The standard InChI is InChI=1S/C12H17NO/c1-9(2)8-10(3)13-11-4-6-12(14)7-5-11/h4-7,9-10H,8H2,1-3H3. The van der Waals surface area contributed by atoms with Crippen molar-refractivity contribution >= 4 is 11.5 Å². The Hall–Kier alpha value is -1.18. The Balaban J connectivity index is 2.56. The van der Waals surface area contributed by atoms with Gasteiger partial charge >= 0.3 is 0 Å². The lowest BCUT2D eigenvalue weighted by Crippen LogP contribution is -2.07. The second-order valence-electron chi connectivity index (χ2n) is 4.10. The number of rotatable bonds is 3. The van der Waals surface area contributed by atoms with Crippen molar-refractivity contribution in [2.24, 2.45) is 10.9 Å². The van der Waals surface area contributed by atoms with E-state index >= 15 is 0 Å². The van der Waals surface area contributed by atoms with Crippen molar-refractivity contribution in [3.8, 4) is 0 Å². The predicted molar refractivity (Wildman–Crippen MR) is 59.6 cm³/mol. The molecule has 0 fully saturated rings. The third kappa shape index (κ3) is 3.69. The van der Waals surface area contributed by atoms with Crippen molar-refractivity contribution in [1.82, 2.24) is 0 Å². The summed E-state index contributed by atoms with van der Waals surface area (Å²) in [5.41, 5.74) is 0.901. The molecule has 1 aliphatic rings. The molecule has 1 aliphatic carbocycles. The fourth-order valence-corrected chi connectivity index (χ4v) is 1.52. The van der Waals surface area contributed by atoms with E-state index in [1.54, 1.807) is 24.3 Å². The van der Waals surface area contributed by atoms with Crippen molar-refractivity contribution in [2.75, 3.05) is 0 Å². The van der Waals surface area contributed by atoms with Gasteiger partial charge in [-0.15, -0.1) is 0 Å². The van der Waals surface area contributed by atoms with Crippen molar-refractivity contribution in [2.45, 2.75) is 33.2 Å². The van der Waals surface area contributed by atoms with E-state index in [1.165, 1.54) is 0 Å². The molecule has 0 aromatic carbocycles. The molecule has 0 spiro atoms. The molecular weight excluding hydrogens is 174 g/mol. The van der Waals surface area contributed by atoms with Crippen molar-refractivity contribution < 1.29 is 4.79 Å². The lowest BCUT2D eigenvalue weighted by Gasteiger charge is -2.10. The van der Waals surface area contributed by atoms with Crippen LogP contribution in [0.2, 0.25) is 0 Å². The first kappa shape index (κ1) is 10.9. The number of allylic oxidation sites excluding steroid dienone is 4. The molecular formula is C12H17NO. The topological polar surface area (TPSA) is 29.4 Å². The van der Waals surface area contributed by atoms with Crippen LogP contribution in [0.1, 0.15) is 27.2 Å². The molecule has 0 heterocycles. The monoisotopic (exact) mass is 191 g/mol. The van der Waals surface area contributed by atoms with Crippen LogP contribution in [0.5, 0.6) is 0 Å². The van der Waals surface area contributed by atoms with Gasteiger partial charge in [0.15, 0.2) is 5.78 Å². The molecule has 0 saturated heterocycles. The van der Waals surface area contributed by atoms with Crippen LogP contribution in [0.4, 0.5) is 0 Å². The van der Waals surface area contributed by atoms with Crippen LogP contribution in [0, 0.1) is 5.92 Å². The number of aliphatic imine (C=N–C) groups is 1. The normalized spacial score (nSPS) is 17.7. The maximum atomic E-state index is 10.8. The maximum absolute atomic E-state index is 10.8. The summed E-state index contributed by atoms with van der Waals surface area (Å²) in [6.07, 6.45) is 7.75. The Morgan fingerprint density at radius 1 is 1.14 bits per heavy atom. The summed E-state index contributed by atoms with van der Waals surface area (Å²) >= 11 is 0. The predicted octanol–water partition coefficient (Wildman–Crippen LogP) is 2.56. The quantitative estimate of drug-likeness (QED) is 0.630. The van der Waals surface area contributed by atoms with Gasteiger partial charge in [-0.25, -0.2) is 0 Å². The van der Waals surface area contributed by atoms with E-state index in [-0.39, 0.29) is 5.78 Å². The highest BCUT2D eigenvalue weighted by molar-refractivity contribution is 6.16. The van der Waals surface area contributed by atoms with Crippen LogP contribution >= 0.6 is 0 Å². The molecule has 76 valence electrons. The number of carbonyl (C=O) groups excluding carboxylic acids is 1. The molecule has 0 radical (unpaired) electrons. The lowest BCUT2D eigenvalue weighted by atomic mass is 10.1. The Morgan fingerprint density at radius 2 is 1.71 bits per heavy atom. The van der Waals surface area contributed by atoms with E-state index in [9.17, 15) is 4.79 Å². The summed E-state index contributed by atoms with van der Waals surface area (Å²) in [6, 6.07) is 0.326. The minimum absolute atomic E-state index is 0.0421. The summed E-state index contributed by atoms with van der Waals surface area (Å²) in [4.78, 5) is 15.3. The first-order chi connectivity index (χ1) is 6.58. The van der Waals surface area contributed by atoms with Gasteiger partial charge < -0.3 is 0 Å². The van der Waals surface area contributed by atoms with Crippen LogP contribution in [-0.4, -0.2) is 17.5 Å². The molecule has 1 unspecified atom stereocenters. The van der Waals surface area contributed by atoms with E-state index in [0.717, 1.165) is 12.1 Å². The molecule has 0 aromatic rings.